The van der Waals surface area contributed by atoms with Crippen molar-refractivity contribution < 1.29 is 30.7 Å². The Kier molecular flexibility index (Phi) is 2.82. The van der Waals surface area contributed by atoms with E-state index < -0.39 is 62.6 Å². The number of methoxy groups -OCH3 is 2. The molecule has 0 saturated carbocycles. The van der Waals surface area contributed by atoms with Crippen LogP contribution < -0.4 is 9.47 Å². The quantitative estimate of drug-likeness (QED) is 0.733. The van der Waals surface area contributed by atoms with Crippen LogP contribution in [0.1, 0.15) is 57.1 Å². The van der Waals surface area contributed by atoms with Crippen LogP contribution in [0.5, 0.6) is 11.5 Å². The molecule has 1 aliphatic heterocycles. The van der Waals surface area contributed by atoms with Crippen molar-refractivity contribution in [1.82, 2.24) is 4.90 Å². The normalized spacial score (nSPS) is 39.3. The van der Waals surface area contributed by atoms with Crippen LogP contribution in [0.15, 0.2) is 42.5 Å². The number of fused-ring (bicyclic) bond motifs is 1. The molecule has 4 rings (SSSR count). The van der Waals surface area contributed by atoms with Gasteiger partial charge in [-0.15, -0.1) is 0 Å². The number of Topliss-reactive ketones (excluding diaryl/α,β-unsaturated/α-hetero) is 1. The van der Waals surface area contributed by atoms with Gasteiger partial charge >= 0.3 is 0 Å². The van der Waals surface area contributed by atoms with Gasteiger partial charge in [-0.2, -0.15) is 0 Å². The Hall–Kier alpha value is -2.33. The second-order valence-corrected chi connectivity index (χ2v) is 6.39. The molecule has 2 aliphatic rings. The number of carbonyl (C=O) groups is 1. The zero-order chi connectivity index (χ0) is 30.3. The third kappa shape index (κ3) is 3.93. The molecule has 2 aromatic carbocycles. The van der Waals surface area contributed by atoms with Crippen molar-refractivity contribution >= 4 is 5.78 Å². The van der Waals surface area contributed by atoms with E-state index in [-0.39, 0.29) is 22.6 Å². The third-order valence-corrected chi connectivity index (χ3v) is 4.55. The lowest BCUT2D eigenvalue weighted by Gasteiger charge is -2.32. The predicted octanol–water partition coefficient (Wildman–Crippen LogP) is 4.36. The average Bonchev–Trinajstić information content (AvgIpc) is 3.02. The number of benzene rings is 2. The highest BCUT2D eigenvalue weighted by Gasteiger charge is 2.34. The van der Waals surface area contributed by atoms with Crippen molar-refractivity contribution in [2.75, 3.05) is 27.2 Å². The van der Waals surface area contributed by atoms with Gasteiger partial charge in [-0.25, -0.2) is 0 Å². The minimum atomic E-state index is -3.54. The zero-order valence-electron chi connectivity index (χ0n) is 27.6. The lowest BCUT2D eigenvalue weighted by molar-refractivity contribution is 0.0895. The predicted molar refractivity (Wildman–Crippen MR) is 110 cm³/mol. The summed E-state index contributed by atoms with van der Waals surface area (Å²) >= 11 is 0. The van der Waals surface area contributed by atoms with Gasteiger partial charge in [-0.1, -0.05) is 30.3 Å². The first-order valence-electron chi connectivity index (χ1n) is 14.8. The molecule has 1 unspecified atom stereocenters. The Labute approximate surface area is 184 Å². The maximum Gasteiger partial charge on any atom is 0.166 e. The molecule has 1 aliphatic carbocycles. The summed E-state index contributed by atoms with van der Waals surface area (Å²) in [5, 5.41) is 0. The summed E-state index contributed by atoms with van der Waals surface area (Å²) in [5.74, 6) is -7.60. The van der Waals surface area contributed by atoms with Gasteiger partial charge in [0.05, 0.1) is 14.2 Å². The Morgan fingerprint density at radius 1 is 1.11 bits per heavy atom. The Morgan fingerprint density at radius 2 is 1.79 bits per heavy atom. The first-order valence-corrected chi connectivity index (χ1v) is 8.82. The second-order valence-electron chi connectivity index (χ2n) is 6.39. The lowest BCUT2D eigenvalue weighted by Crippen LogP contribution is -2.34. The van der Waals surface area contributed by atoms with Gasteiger partial charge in [-0.3, -0.25) is 9.69 Å². The van der Waals surface area contributed by atoms with Crippen LogP contribution in [0.3, 0.4) is 0 Å². The van der Waals surface area contributed by atoms with Crippen molar-refractivity contribution in [1.29, 1.82) is 0 Å². The summed E-state index contributed by atoms with van der Waals surface area (Å²) in [6.07, 6.45) is -11.5. The molecule has 4 nitrogen and oxygen atoms in total. The van der Waals surface area contributed by atoms with Crippen molar-refractivity contribution in [3.8, 4) is 11.5 Å². The number of likely N-dealkylation sites (tertiary alicyclic amines) is 1. The molecule has 0 N–H and O–H groups in total. The number of hydrogen-bond donors (Lipinski definition) is 0. The Morgan fingerprint density at radius 3 is 2.46 bits per heavy atom. The summed E-state index contributed by atoms with van der Waals surface area (Å²) < 4.78 is 116. The fraction of sp³-hybridized carbons (Fsp3) is 0.458. The highest BCUT2D eigenvalue weighted by atomic mass is 16.5. The Balaban J connectivity index is 1.87. The van der Waals surface area contributed by atoms with Crippen LogP contribution >= 0.6 is 0 Å². The van der Waals surface area contributed by atoms with E-state index in [9.17, 15) is 4.79 Å². The number of ether oxygens (including phenoxy) is 2. The van der Waals surface area contributed by atoms with Crippen LogP contribution in [0, 0.1) is 11.8 Å². The molecular weight excluding hydrogens is 350 g/mol. The van der Waals surface area contributed by atoms with E-state index in [2.05, 4.69) is 0 Å². The molecule has 1 saturated heterocycles. The molecule has 0 spiro atoms. The van der Waals surface area contributed by atoms with E-state index in [1.165, 1.54) is 26.4 Å². The number of ketones is 1. The molecule has 0 radical (unpaired) electrons. The van der Waals surface area contributed by atoms with E-state index in [0.29, 0.717) is 10.5 Å². The van der Waals surface area contributed by atoms with Crippen LogP contribution in [-0.2, 0) is 12.9 Å². The summed E-state index contributed by atoms with van der Waals surface area (Å²) in [4.78, 5) is 14.0. The van der Waals surface area contributed by atoms with Crippen LogP contribution in [-0.4, -0.2) is 37.9 Å². The molecule has 0 amide bonds. The number of carbonyl (C=O) groups excluding carboxylic acids is 1. The molecule has 1 fully saturated rings. The summed E-state index contributed by atoms with van der Waals surface area (Å²) in [6.45, 7) is -7.21. The maximum absolute atomic E-state index is 13.6. The fourth-order valence-corrected chi connectivity index (χ4v) is 3.12. The van der Waals surface area contributed by atoms with Gasteiger partial charge < -0.3 is 9.47 Å². The molecule has 1 atom stereocenters. The molecule has 1 heterocycles. The molecule has 148 valence electrons. The van der Waals surface area contributed by atoms with Gasteiger partial charge in [0.15, 0.2) is 17.3 Å². The van der Waals surface area contributed by atoms with Gasteiger partial charge in [-0.05, 0) is 67.7 Å². The molecule has 28 heavy (non-hydrogen) atoms. The van der Waals surface area contributed by atoms with Crippen molar-refractivity contribution in [3.63, 3.8) is 0 Å². The molecule has 0 bridgehead atoms. The fourth-order valence-electron chi connectivity index (χ4n) is 3.12. The minimum Gasteiger partial charge on any atom is -0.493 e. The smallest absolute Gasteiger partial charge is 0.166 e. The van der Waals surface area contributed by atoms with Gasteiger partial charge in [0, 0.05) is 34.5 Å². The lowest BCUT2D eigenvalue weighted by atomic mass is 9.85. The molecule has 2 aromatic rings. The summed E-state index contributed by atoms with van der Waals surface area (Å²) in [6, 6.07) is 10.2. The average molecular weight is 392 g/mol. The van der Waals surface area contributed by atoms with E-state index in [1.54, 1.807) is 18.2 Å². The largest absolute Gasteiger partial charge is 0.493 e. The standard InChI is InChI=1S/C24H29NO3/c1-27-22-14-19-13-20(24(26)21(19)15-23(22)28-2)12-17-8-10-25(11-9-17)16-18-6-4-3-5-7-18/h3-7,14-15,17,20H,8-13,16H2,1-2H3/i8D2,9D2,10D2,11D2,13D2,17D,20D. The van der Waals surface area contributed by atoms with Crippen LogP contribution in [0.25, 0.3) is 0 Å². The monoisotopic (exact) mass is 391 g/mol. The minimum absolute atomic E-state index is 0.0373. The first kappa shape index (κ1) is 9.45. The van der Waals surface area contributed by atoms with E-state index in [0.717, 1.165) is 12.1 Å². The molecule has 4 heteroatoms. The number of piperidine rings is 1. The van der Waals surface area contributed by atoms with Crippen LogP contribution in [0.4, 0.5) is 0 Å². The third-order valence-electron chi connectivity index (χ3n) is 4.55. The van der Waals surface area contributed by atoms with Crippen LogP contribution in [0.2, 0.25) is 0 Å². The first-order chi connectivity index (χ1) is 18.2. The Bertz CT molecular complexity index is 1310. The van der Waals surface area contributed by atoms with Crippen molar-refractivity contribution in [2.45, 2.75) is 32.1 Å². The maximum atomic E-state index is 13.6. The van der Waals surface area contributed by atoms with Crippen molar-refractivity contribution in [3.05, 3.63) is 59.2 Å². The number of rotatable bonds is 6. The number of hydrogen-bond acceptors (Lipinski definition) is 4. The van der Waals surface area contributed by atoms with Crippen molar-refractivity contribution in [2.24, 2.45) is 11.8 Å². The topological polar surface area (TPSA) is 38.8 Å². The van der Waals surface area contributed by atoms with E-state index in [1.807, 2.05) is 0 Å². The second kappa shape index (κ2) is 8.36. The highest BCUT2D eigenvalue weighted by molar-refractivity contribution is 6.02. The zero-order valence-corrected chi connectivity index (χ0v) is 15.6. The highest BCUT2D eigenvalue weighted by Crippen LogP contribution is 2.39. The van der Waals surface area contributed by atoms with Gasteiger partial charge in [0.25, 0.3) is 0 Å². The molecule has 0 aromatic heterocycles. The van der Waals surface area contributed by atoms with Gasteiger partial charge in [0.1, 0.15) is 0 Å². The number of nitrogens with zero attached hydrogens (tertiary/aromatic N) is 1. The van der Waals surface area contributed by atoms with E-state index >= 15 is 0 Å². The SMILES string of the molecule is [2H]C1(CC2([2H])C([2H])([2H])C([2H])([2H])N(Cc3ccccc3)C([2H])([2H])C2([2H])[2H])C(=O)c2cc(OC)c(OC)cc2C1([2H])[2H]. The molecular formula is C24H29NO3. The van der Waals surface area contributed by atoms with E-state index in [4.69, 9.17) is 25.9 Å². The summed E-state index contributed by atoms with van der Waals surface area (Å²) in [7, 11) is 2.56. The van der Waals surface area contributed by atoms with Gasteiger partial charge in [0.2, 0.25) is 0 Å². The summed E-state index contributed by atoms with van der Waals surface area (Å²) in [5.41, 5.74) is -0.269.